The summed E-state index contributed by atoms with van der Waals surface area (Å²) in [6.45, 7) is 4.31. The summed E-state index contributed by atoms with van der Waals surface area (Å²) in [5, 5.41) is 5.32. The number of halogens is 1. The second kappa shape index (κ2) is 12.5. The number of rotatable bonds is 0. The summed E-state index contributed by atoms with van der Waals surface area (Å²) >= 11 is 0. The number of hydrogen-bond donors (Lipinski definition) is 0. The van der Waals surface area contributed by atoms with E-state index in [0.29, 0.717) is 0 Å². The van der Waals surface area contributed by atoms with Gasteiger partial charge in [-0.3, -0.25) is 0 Å². The average Bonchev–Trinajstić information content (AvgIpc) is 3.17. The second-order valence-corrected chi connectivity index (χ2v) is 5.81. The van der Waals surface area contributed by atoms with Crippen LogP contribution >= 0.6 is 0 Å². The van der Waals surface area contributed by atoms with Crippen molar-refractivity contribution in [3.8, 4) is 0 Å². The number of benzene rings is 2. The van der Waals surface area contributed by atoms with E-state index in [4.69, 9.17) is 0 Å². The van der Waals surface area contributed by atoms with E-state index in [1.807, 2.05) is 0 Å². The van der Waals surface area contributed by atoms with E-state index in [2.05, 4.69) is 98.0 Å². The van der Waals surface area contributed by atoms with E-state index in [-0.39, 0.29) is 38.3 Å². The Balaban J connectivity index is 0.000000336. The zero-order chi connectivity index (χ0) is 14.9. The first-order chi connectivity index (χ1) is 10.3. The van der Waals surface area contributed by atoms with Crippen LogP contribution in [0.1, 0.15) is 0 Å². The normalized spacial score (nSPS) is 8.78. The SMILES string of the molecule is C[Si]C.[Cl-].[Hf].c1ccc2[cH-]ccc2c1.c1ccc2[cH-]ccc2c1. The predicted octanol–water partition coefficient (Wildman–Crippen LogP) is 2.91. The van der Waals surface area contributed by atoms with Crippen LogP contribution in [0.15, 0.2) is 84.9 Å². The molecule has 0 unspecified atom stereocenters. The van der Waals surface area contributed by atoms with Crippen molar-refractivity contribution in [2.45, 2.75) is 13.1 Å². The molecule has 0 heterocycles. The Morgan fingerprint density at radius 2 is 1.00 bits per heavy atom. The molecule has 0 spiro atoms. The molecule has 4 aromatic carbocycles. The van der Waals surface area contributed by atoms with Crippen LogP contribution in [0, 0.1) is 0 Å². The summed E-state index contributed by atoms with van der Waals surface area (Å²) in [7, 11) is 1.08. The molecule has 2 radical (unpaired) electrons. The fourth-order valence-corrected chi connectivity index (χ4v) is 2.14. The van der Waals surface area contributed by atoms with E-state index in [0.717, 1.165) is 9.52 Å². The van der Waals surface area contributed by atoms with Gasteiger partial charge in [-0.2, -0.15) is 35.0 Å². The molecular weight excluding hydrogens is 482 g/mol. The summed E-state index contributed by atoms with van der Waals surface area (Å²) in [4.78, 5) is 0. The summed E-state index contributed by atoms with van der Waals surface area (Å²) in [6, 6.07) is 29.3. The van der Waals surface area contributed by atoms with Crippen LogP contribution in [0.25, 0.3) is 21.5 Å². The maximum absolute atomic E-state index is 2.15. The minimum absolute atomic E-state index is 0. The topological polar surface area (TPSA) is 0 Å². The van der Waals surface area contributed by atoms with Gasteiger partial charge in [-0.25, -0.2) is 0 Å². The molecule has 0 fully saturated rings. The standard InChI is InChI=1S/2C9H7.C2H6Si.ClH.Hf/c2*1-2-5-9-7-3-6-8(9)4-1;1-3-2;;/h2*1-7H;1-2H3;1H;/q2*-1;;;/p-1. The third-order valence-electron chi connectivity index (χ3n) is 3.10. The second-order valence-electron chi connectivity index (χ2n) is 4.81. The van der Waals surface area contributed by atoms with Gasteiger partial charge in [0, 0.05) is 35.4 Å². The Morgan fingerprint density at radius 1 is 0.652 bits per heavy atom. The maximum atomic E-state index is 2.15. The van der Waals surface area contributed by atoms with Crippen molar-refractivity contribution in [3.05, 3.63) is 84.9 Å². The largest absolute Gasteiger partial charge is 1.00 e. The van der Waals surface area contributed by atoms with Crippen molar-refractivity contribution >= 4 is 31.1 Å². The summed E-state index contributed by atoms with van der Waals surface area (Å²) < 4.78 is 0. The van der Waals surface area contributed by atoms with E-state index < -0.39 is 0 Å². The monoisotopic (exact) mass is 503 g/mol. The molecule has 0 aromatic heterocycles. The zero-order valence-electron chi connectivity index (χ0n) is 13.5. The van der Waals surface area contributed by atoms with Gasteiger partial charge < -0.3 is 12.4 Å². The fourth-order valence-electron chi connectivity index (χ4n) is 2.14. The molecule has 3 heteroatoms. The van der Waals surface area contributed by atoms with Crippen molar-refractivity contribution in [3.63, 3.8) is 0 Å². The van der Waals surface area contributed by atoms with Crippen LogP contribution in [-0.4, -0.2) is 9.52 Å². The summed E-state index contributed by atoms with van der Waals surface area (Å²) in [5.74, 6) is 0. The van der Waals surface area contributed by atoms with E-state index in [1.54, 1.807) is 0 Å². The first kappa shape index (κ1) is 22.0. The molecule has 4 rings (SSSR count). The maximum Gasteiger partial charge on any atom is 0.0307 e. The van der Waals surface area contributed by atoms with Crippen molar-refractivity contribution in [1.29, 1.82) is 0 Å². The van der Waals surface area contributed by atoms with Crippen LogP contribution in [0.2, 0.25) is 13.1 Å². The molecule has 0 amide bonds. The Morgan fingerprint density at radius 3 is 1.35 bits per heavy atom. The third-order valence-corrected chi connectivity index (χ3v) is 3.10. The van der Waals surface area contributed by atoms with E-state index >= 15 is 0 Å². The van der Waals surface area contributed by atoms with Gasteiger partial charge in [0.2, 0.25) is 0 Å². The Labute approximate surface area is 166 Å². The van der Waals surface area contributed by atoms with Gasteiger partial charge in [0.15, 0.2) is 0 Å². The molecule has 23 heavy (non-hydrogen) atoms. The van der Waals surface area contributed by atoms with Gasteiger partial charge in [0.05, 0.1) is 0 Å². The molecule has 0 aliphatic carbocycles. The Hall–Kier alpha value is -0.963. The molecule has 0 nitrogen and oxygen atoms in total. The minimum Gasteiger partial charge on any atom is -1.00 e. The van der Waals surface area contributed by atoms with Gasteiger partial charge in [-0.15, -0.1) is 59.3 Å². The molecule has 0 atom stereocenters. The fraction of sp³-hybridized carbons (Fsp3) is 0.100. The van der Waals surface area contributed by atoms with Gasteiger partial charge >= 0.3 is 0 Å². The van der Waals surface area contributed by atoms with Gasteiger partial charge in [0.25, 0.3) is 0 Å². The first-order valence-corrected chi connectivity index (χ1v) is 9.14. The first-order valence-electron chi connectivity index (χ1n) is 7.14. The van der Waals surface area contributed by atoms with Gasteiger partial charge in [0.1, 0.15) is 0 Å². The molecule has 0 aliphatic rings. The average molecular weight is 502 g/mol. The molecule has 0 aliphatic heterocycles. The summed E-state index contributed by atoms with van der Waals surface area (Å²) in [6.07, 6.45) is 0. The van der Waals surface area contributed by atoms with Crippen LogP contribution in [0.3, 0.4) is 0 Å². The molecular formula is C20H20ClHfSi-3. The van der Waals surface area contributed by atoms with E-state index in [9.17, 15) is 0 Å². The van der Waals surface area contributed by atoms with Crippen molar-refractivity contribution in [2.24, 2.45) is 0 Å². The number of fused-ring (bicyclic) bond motifs is 2. The molecule has 4 aromatic rings. The van der Waals surface area contributed by atoms with Crippen LogP contribution < -0.4 is 12.4 Å². The van der Waals surface area contributed by atoms with E-state index in [1.165, 1.54) is 21.5 Å². The van der Waals surface area contributed by atoms with Gasteiger partial charge in [-0.05, 0) is 0 Å². The molecule has 118 valence electrons. The van der Waals surface area contributed by atoms with Gasteiger partial charge in [-0.1, -0.05) is 25.2 Å². The van der Waals surface area contributed by atoms with Crippen LogP contribution in [-0.2, 0) is 25.8 Å². The van der Waals surface area contributed by atoms with Crippen molar-refractivity contribution in [1.82, 2.24) is 0 Å². The van der Waals surface area contributed by atoms with Crippen LogP contribution in [0.5, 0.6) is 0 Å². The minimum atomic E-state index is 0. The Kier molecular flexibility index (Phi) is 11.9. The molecule has 0 saturated carbocycles. The smallest absolute Gasteiger partial charge is 0.0307 e. The van der Waals surface area contributed by atoms with Crippen molar-refractivity contribution in [2.75, 3.05) is 0 Å². The third kappa shape index (κ3) is 6.99. The number of hydrogen-bond acceptors (Lipinski definition) is 0. The Bertz CT molecular complexity index is 647. The molecule has 0 saturated heterocycles. The molecule has 0 N–H and O–H groups in total. The van der Waals surface area contributed by atoms with Crippen molar-refractivity contribution < 1.29 is 38.3 Å². The predicted molar refractivity (Wildman–Crippen MR) is 96.6 cm³/mol. The molecule has 0 bridgehead atoms. The quantitative estimate of drug-likeness (QED) is 0.256. The zero-order valence-corrected chi connectivity index (χ0v) is 18.8. The van der Waals surface area contributed by atoms with Crippen LogP contribution in [0.4, 0.5) is 0 Å². The summed E-state index contributed by atoms with van der Waals surface area (Å²) in [5.41, 5.74) is 0.